The van der Waals surface area contributed by atoms with Gasteiger partial charge in [-0.3, -0.25) is 4.79 Å². The molecule has 17 heavy (non-hydrogen) atoms. The van der Waals surface area contributed by atoms with Crippen LogP contribution in [-0.4, -0.2) is 24.6 Å². The number of amides is 1. The zero-order valence-electron chi connectivity index (χ0n) is 9.94. The minimum atomic E-state index is -0.512. The van der Waals surface area contributed by atoms with Gasteiger partial charge in [0.2, 0.25) is 5.91 Å². The van der Waals surface area contributed by atoms with E-state index in [2.05, 4.69) is 5.32 Å². The van der Waals surface area contributed by atoms with Gasteiger partial charge in [-0.1, -0.05) is 23.7 Å². The molecule has 1 aromatic carbocycles. The van der Waals surface area contributed by atoms with Crippen LogP contribution in [0.4, 0.5) is 0 Å². The lowest BCUT2D eigenvalue weighted by molar-refractivity contribution is -0.122. The normalized spacial score (nSPS) is 13.9. The van der Waals surface area contributed by atoms with Crippen LogP contribution >= 0.6 is 11.6 Å². The van der Waals surface area contributed by atoms with Gasteiger partial charge in [-0.25, -0.2) is 0 Å². The van der Waals surface area contributed by atoms with Crippen LogP contribution in [0.1, 0.15) is 13.8 Å². The van der Waals surface area contributed by atoms with Crippen LogP contribution < -0.4 is 15.8 Å². The Kier molecular flexibility index (Phi) is 5.25. The summed E-state index contributed by atoms with van der Waals surface area (Å²) < 4.78 is 5.59. The molecule has 0 heterocycles. The van der Waals surface area contributed by atoms with Crippen LogP contribution in [0.25, 0.3) is 0 Å². The van der Waals surface area contributed by atoms with Gasteiger partial charge in [0.25, 0.3) is 0 Å². The molecular weight excluding hydrogens is 240 g/mol. The third-order valence-electron chi connectivity index (χ3n) is 2.14. The zero-order chi connectivity index (χ0) is 12.8. The Bertz CT molecular complexity index is 383. The summed E-state index contributed by atoms with van der Waals surface area (Å²) in [5.74, 6) is 0.413. The average molecular weight is 257 g/mol. The molecular formula is C12H17ClN2O2. The highest BCUT2D eigenvalue weighted by atomic mass is 35.5. The Labute approximate surface area is 106 Å². The van der Waals surface area contributed by atoms with Crippen LogP contribution in [0.5, 0.6) is 5.75 Å². The van der Waals surface area contributed by atoms with Crippen LogP contribution in [0.2, 0.25) is 5.02 Å². The van der Waals surface area contributed by atoms with Crippen molar-refractivity contribution in [2.75, 3.05) is 6.54 Å². The van der Waals surface area contributed by atoms with E-state index in [1.807, 2.05) is 19.1 Å². The Hall–Kier alpha value is -1.26. The molecule has 2 atom stereocenters. The molecule has 0 bridgehead atoms. The van der Waals surface area contributed by atoms with Gasteiger partial charge in [-0.15, -0.1) is 0 Å². The highest BCUT2D eigenvalue weighted by Crippen LogP contribution is 2.23. The minimum Gasteiger partial charge on any atom is -0.487 e. The fraction of sp³-hybridized carbons (Fsp3) is 0.417. The average Bonchev–Trinajstić information content (AvgIpc) is 2.29. The number of nitrogens with one attached hydrogen (secondary N) is 1. The number of carbonyl (C=O) groups excluding carboxylic acids is 1. The molecule has 94 valence electrons. The van der Waals surface area contributed by atoms with Crippen LogP contribution in [0.15, 0.2) is 24.3 Å². The topological polar surface area (TPSA) is 64.4 Å². The van der Waals surface area contributed by atoms with Gasteiger partial charge < -0.3 is 15.8 Å². The van der Waals surface area contributed by atoms with E-state index in [1.54, 1.807) is 19.1 Å². The van der Waals surface area contributed by atoms with E-state index < -0.39 is 6.04 Å². The maximum absolute atomic E-state index is 11.2. The molecule has 0 saturated carbocycles. The minimum absolute atomic E-state index is 0.169. The van der Waals surface area contributed by atoms with E-state index in [0.717, 1.165) is 0 Å². The van der Waals surface area contributed by atoms with Crippen molar-refractivity contribution in [2.24, 2.45) is 5.73 Å². The predicted octanol–water partition coefficient (Wildman–Crippen LogP) is 1.57. The largest absolute Gasteiger partial charge is 0.487 e. The van der Waals surface area contributed by atoms with Gasteiger partial charge in [0, 0.05) is 0 Å². The van der Waals surface area contributed by atoms with Crippen molar-refractivity contribution in [2.45, 2.75) is 26.0 Å². The van der Waals surface area contributed by atoms with E-state index in [0.29, 0.717) is 17.3 Å². The quantitative estimate of drug-likeness (QED) is 0.841. The molecule has 0 saturated heterocycles. The number of benzene rings is 1. The van der Waals surface area contributed by atoms with Crippen LogP contribution in [0.3, 0.4) is 0 Å². The van der Waals surface area contributed by atoms with Gasteiger partial charge in [-0.2, -0.15) is 0 Å². The third kappa shape index (κ3) is 4.63. The molecule has 0 aliphatic rings. The fourth-order valence-corrected chi connectivity index (χ4v) is 1.38. The smallest absolute Gasteiger partial charge is 0.236 e. The SMILES string of the molecule is CC(CNC(=O)[C@H](C)N)Oc1ccccc1Cl. The molecule has 0 radical (unpaired) electrons. The summed E-state index contributed by atoms with van der Waals surface area (Å²) in [7, 11) is 0. The molecule has 0 spiro atoms. The summed E-state index contributed by atoms with van der Waals surface area (Å²) in [5.41, 5.74) is 5.42. The highest BCUT2D eigenvalue weighted by Gasteiger charge is 2.10. The Morgan fingerprint density at radius 1 is 1.47 bits per heavy atom. The van der Waals surface area contributed by atoms with Crippen molar-refractivity contribution in [3.8, 4) is 5.75 Å². The molecule has 0 aliphatic heterocycles. The summed E-state index contributed by atoms with van der Waals surface area (Å²) in [6.07, 6.45) is -0.169. The zero-order valence-corrected chi connectivity index (χ0v) is 10.7. The Balaban J connectivity index is 2.43. The Morgan fingerprint density at radius 2 is 2.12 bits per heavy atom. The van der Waals surface area contributed by atoms with Crippen molar-refractivity contribution in [3.63, 3.8) is 0 Å². The molecule has 1 rings (SSSR count). The molecule has 0 fully saturated rings. The summed E-state index contributed by atoms with van der Waals surface area (Å²) in [4.78, 5) is 11.2. The van der Waals surface area contributed by atoms with E-state index >= 15 is 0 Å². The number of hydrogen-bond acceptors (Lipinski definition) is 3. The number of carbonyl (C=O) groups is 1. The standard InChI is InChI=1S/C12H17ClN2O2/c1-8(7-15-12(16)9(2)14)17-11-6-4-3-5-10(11)13/h3-6,8-9H,7,14H2,1-2H3,(H,15,16)/t8?,9-/m0/s1. The summed E-state index contributed by atoms with van der Waals surface area (Å²) in [6.45, 7) is 3.88. The fourth-order valence-electron chi connectivity index (χ4n) is 1.20. The second-order valence-corrected chi connectivity index (χ2v) is 4.30. The summed E-state index contributed by atoms with van der Waals surface area (Å²) in [5, 5.41) is 3.24. The van der Waals surface area contributed by atoms with Crippen molar-refractivity contribution < 1.29 is 9.53 Å². The lowest BCUT2D eigenvalue weighted by atomic mass is 10.3. The first-order chi connectivity index (χ1) is 8.00. The third-order valence-corrected chi connectivity index (χ3v) is 2.45. The monoisotopic (exact) mass is 256 g/mol. The molecule has 0 aliphatic carbocycles. The van der Waals surface area contributed by atoms with Crippen molar-refractivity contribution in [1.29, 1.82) is 0 Å². The van der Waals surface area contributed by atoms with Gasteiger partial charge in [0.15, 0.2) is 0 Å². The first-order valence-corrected chi connectivity index (χ1v) is 5.83. The molecule has 1 unspecified atom stereocenters. The lowest BCUT2D eigenvalue weighted by Crippen LogP contribution is -2.42. The molecule has 3 N–H and O–H groups in total. The molecule has 1 amide bonds. The lowest BCUT2D eigenvalue weighted by Gasteiger charge is -2.17. The summed E-state index contributed by atoms with van der Waals surface area (Å²) in [6, 6.07) is 6.70. The number of nitrogens with two attached hydrogens (primary N) is 1. The number of ether oxygens (including phenoxy) is 1. The van der Waals surface area contributed by atoms with Crippen molar-refractivity contribution in [3.05, 3.63) is 29.3 Å². The number of halogens is 1. The first kappa shape index (κ1) is 13.8. The van der Waals surface area contributed by atoms with Crippen LogP contribution in [0, 0.1) is 0 Å². The Morgan fingerprint density at radius 3 is 2.71 bits per heavy atom. The van der Waals surface area contributed by atoms with E-state index in [-0.39, 0.29) is 12.0 Å². The van der Waals surface area contributed by atoms with Gasteiger partial charge in [0.05, 0.1) is 17.6 Å². The van der Waals surface area contributed by atoms with Crippen molar-refractivity contribution in [1.82, 2.24) is 5.32 Å². The first-order valence-electron chi connectivity index (χ1n) is 5.45. The molecule has 5 heteroatoms. The van der Waals surface area contributed by atoms with Crippen molar-refractivity contribution >= 4 is 17.5 Å². The maximum Gasteiger partial charge on any atom is 0.236 e. The van der Waals surface area contributed by atoms with E-state index in [1.165, 1.54) is 0 Å². The van der Waals surface area contributed by atoms with Crippen LogP contribution in [-0.2, 0) is 4.79 Å². The predicted molar refractivity (Wildman–Crippen MR) is 68.2 cm³/mol. The molecule has 0 aromatic heterocycles. The maximum atomic E-state index is 11.2. The number of rotatable bonds is 5. The van der Waals surface area contributed by atoms with Gasteiger partial charge in [-0.05, 0) is 26.0 Å². The molecule has 1 aromatic rings. The number of para-hydroxylation sites is 1. The second-order valence-electron chi connectivity index (χ2n) is 3.89. The summed E-state index contributed by atoms with van der Waals surface area (Å²) >= 11 is 5.95. The van der Waals surface area contributed by atoms with Gasteiger partial charge in [0.1, 0.15) is 11.9 Å². The van der Waals surface area contributed by atoms with E-state index in [4.69, 9.17) is 22.1 Å². The van der Waals surface area contributed by atoms with Gasteiger partial charge >= 0.3 is 0 Å². The van der Waals surface area contributed by atoms with E-state index in [9.17, 15) is 4.79 Å². The number of hydrogen-bond donors (Lipinski definition) is 2. The second kappa shape index (κ2) is 6.47. The molecule has 4 nitrogen and oxygen atoms in total. The highest BCUT2D eigenvalue weighted by molar-refractivity contribution is 6.32.